The molecule has 0 saturated carbocycles. The number of nitrogens with one attached hydrogen (secondary N) is 3. The average Bonchev–Trinajstić information content (AvgIpc) is 2.84. The summed E-state index contributed by atoms with van der Waals surface area (Å²) in [5.74, 6) is 1.95. The topological polar surface area (TPSA) is 82.7 Å². The zero-order valence-electron chi connectivity index (χ0n) is 11.7. The van der Waals surface area contributed by atoms with Crippen molar-refractivity contribution in [2.75, 3.05) is 19.6 Å². The molecule has 0 aliphatic carbocycles. The van der Waals surface area contributed by atoms with Gasteiger partial charge in [-0.05, 0) is 19.1 Å². The number of halogens is 1. The highest BCUT2D eigenvalue weighted by Crippen LogP contribution is 2.15. The van der Waals surface area contributed by atoms with Crippen molar-refractivity contribution in [3.05, 3.63) is 35.7 Å². The number of aryl methyl sites for hydroxylation is 1. The van der Waals surface area contributed by atoms with Gasteiger partial charge < -0.3 is 10.6 Å². The Hall–Kier alpha value is -1.92. The zero-order chi connectivity index (χ0) is 13.9. The van der Waals surface area contributed by atoms with E-state index in [0.717, 1.165) is 31.0 Å². The van der Waals surface area contributed by atoms with E-state index in [9.17, 15) is 4.79 Å². The Morgan fingerprint density at radius 2 is 2.05 bits per heavy atom. The second-order valence-electron chi connectivity index (χ2n) is 5.06. The number of carbonyl (C=O) groups excluding carboxylic acids is 1. The predicted octanol–water partition coefficient (Wildman–Crippen LogP) is 1.15. The molecule has 112 valence electrons. The Morgan fingerprint density at radius 1 is 1.33 bits per heavy atom. The van der Waals surface area contributed by atoms with Gasteiger partial charge in [-0.15, -0.1) is 12.4 Å². The van der Waals surface area contributed by atoms with Crippen LogP contribution in [0.1, 0.15) is 16.2 Å². The van der Waals surface area contributed by atoms with Gasteiger partial charge in [-0.3, -0.25) is 9.89 Å². The Bertz CT molecular complexity index is 606. The highest BCUT2D eigenvalue weighted by molar-refractivity contribution is 5.94. The molecule has 0 unspecified atom stereocenters. The van der Waals surface area contributed by atoms with Gasteiger partial charge >= 0.3 is 0 Å². The van der Waals surface area contributed by atoms with Crippen LogP contribution in [0.2, 0.25) is 0 Å². The van der Waals surface area contributed by atoms with E-state index in [1.165, 1.54) is 0 Å². The van der Waals surface area contributed by atoms with E-state index in [1.54, 1.807) is 12.1 Å². The molecule has 0 bridgehead atoms. The van der Waals surface area contributed by atoms with Crippen LogP contribution in [0.4, 0.5) is 0 Å². The van der Waals surface area contributed by atoms with Gasteiger partial charge in [-0.2, -0.15) is 5.10 Å². The van der Waals surface area contributed by atoms with E-state index in [2.05, 4.69) is 25.8 Å². The summed E-state index contributed by atoms with van der Waals surface area (Å²) in [5, 5.41) is 13.0. The molecule has 3 N–H and O–H groups in total. The molecule has 1 aliphatic rings. The van der Waals surface area contributed by atoms with Crippen LogP contribution in [0.5, 0.6) is 0 Å². The van der Waals surface area contributed by atoms with Crippen molar-refractivity contribution in [1.29, 1.82) is 0 Å². The lowest BCUT2D eigenvalue weighted by Gasteiger charge is -2.27. The number of benzene rings is 1. The summed E-state index contributed by atoms with van der Waals surface area (Å²) in [6, 6.07) is 7.33. The number of rotatable bonds is 4. The molecule has 6 nitrogen and oxygen atoms in total. The monoisotopic (exact) mass is 307 g/mol. The van der Waals surface area contributed by atoms with E-state index in [0.29, 0.717) is 17.3 Å². The molecule has 0 atom stereocenters. The first-order chi connectivity index (χ1) is 9.72. The van der Waals surface area contributed by atoms with Crippen LogP contribution in [0, 0.1) is 12.8 Å². The van der Waals surface area contributed by atoms with E-state index in [1.807, 2.05) is 19.1 Å². The molecule has 1 fully saturated rings. The lowest BCUT2D eigenvalue weighted by Crippen LogP contribution is -2.48. The largest absolute Gasteiger partial charge is 0.352 e. The first-order valence-corrected chi connectivity index (χ1v) is 6.71. The molecule has 2 aromatic rings. The maximum Gasteiger partial charge on any atom is 0.251 e. The molecule has 1 aromatic heterocycles. The number of hydrogen-bond acceptors (Lipinski definition) is 4. The van der Waals surface area contributed by atoms with Crippen molar-refractivity contribution in [1.82, 2.24) is 25.8 Å². The number of nitrogens with zero attached hydrogens (tertiary/aromatic N) is 2. The molecule has 3 rings (SSSR count). The second kappa shape index (κ2) is 6.69. The van der Waals surface area contributed by atoms with E-state index in [-0.39, 0.29) is 18.3 Å². The average molecular weight is 308 g/mol. The molecule has 0 radical (unpaired) electrons. The minimum Gasteiger partial charge on any atom is -0.352 e. The number of H-pyrrole nitrogens is 1. The SMILES string of the molecule is Cc1nc(-c2ccc(C(=O)NCC3CNC3)cc2)n[nH]1.Cl. The number of amides is 1. The summed E-state index contributed by atoms with van der Waals surface area (Å²) in [7, 11) is 0. The van der Waals surface area contributed by atoms with E-state index >= 15 is 0 Å². The molecular formula is C14H18ClN5O. The van der Waals surface area contributed by atoms with Gasteiger partial charge in [0.05, 0.1) is 0 Å². The van der Waals surface area contributed by atoms with Crippen molar-refractivity contribution < 1.29 is 4.79 Å². The van der Waals surface area contributed by atoms with Crippen LogP contribution in [-0.4, -0.2) is 40.7 Å². The van der Waals surface area contributed by atoms with Crippen LogP contribution in [-0.2, 0) is 0 Å². The first kappa shape index (κ1) is 15.5. The van der Waals surface area contributed by atoms with Crippen molar-refractivity contribution in [2.45, 2.75) is 6.92 Å². The van der Waals surface area contributed by atoms with Gasteiger partial charge in [-0.25, -0.2) is 4.98 Å². The fourth-order valence-electron chi connectivity index (χ4n) is 2.07. The van der Waals surface area contributed by atoms with E-state index < -0.39 is 0 Å². The summed E-state index contributed by atoms with van der Waals surface area (Å²) in [4.78, 5) is 16.2. The Labute approximate surface area is 129 Å². The third kappa shape index (κ3) is 3.59. The first-order valence-electron chi connectivity index (χ1n) is 6.71. The highest BCUT2D eigenvalue weighted by atomic mass is 35.5. The standard InChI is InChI=1S/C14H17N5O.ClH/c1-9-17-13(19-18-9)11-2-4-12(5-3-11)14(20)16-8-10-6-15-7-10;/h2-5,10,15H,6-8H2,1H3,(H,16,20)(H,17,18,19);1H. The van der Waals surface area contributed by atoms with Gasteiger partial charge in [0, 0.05) is 36.7 Å². The van der Waals surface area contributed by atoms with Gasteiger partial charge in [0.2, 0.25) is 0 Å². The lowest BCUT2D eigenvalue weighted by molar-refractivity contribution is 0.0942. The zero-order valence-corrected chi connectivity index (χ0v) is 12.5. The minimum absolute atomic E-state index is 0. The van der Waals surface area contributed by atoms with Crippen LogP contribution >= 0.6 is 12.4 Å². The summed E-state index contributed by atoms with van der Waals surface area (Å²) in [5.41, 5.74) is 1.56. The highest BCUT2D eigenvalue weighted by Gasteiger charge is 2.17. The van der Waals surface area contributed by atoms with Crippen molar-refractivity contribution >= 4 is 18.3 Å². The number of carbonyl (C=O) groups is 1. The Balaban J connectivity index is 0.00000161. The molecule has 1 aliphatic heterocycles. The third-order valence-electron chi connectivity index (χ3n) is 3.42. The number of aromatic amines is 1. The third-order valence-corrected chi connectivity index (χ3v) is 3.42. The summed E-state index contributed by atoms with van der Waals surface area (Å²) < 4.78 is 0. The van der Waals surface area contributed by atoms with Gasteiger partial charge in [0.1, 0.15) is 5.82 Å². The van der Waals surface area contributed by atoms with Crippen LogP contribution in [0.3, 0.4) is 0 Å². The normalized spacial score (nSPS) is 14.1. The minimum atomic E-state index is -0.0328. The Kier molecular flexibility index (Phi) is 4.93. The maximum absolute atomic E-state index is 12.0. The van der Waals surface area contributed by atoms with Crippen molar-refractivity contribution in [2.24, 2.45) is 5.92 Å². The molecule has 1 aromatic carbocycles. The fourth-order valence-corrected chi connectivity index (χ4v) is 2.07. The predicted molar refractivity (Wildman–Crippen MR) is 82.5 cm³/mol. The lowest BCUT2D eigenvalue weighted by atomic mass is 10.0. The van der Waals surface area contributed by atoms with Gasteiger partial charge in [-0.1, -0.05) is 12.1 Å². The maximum atomic E-state index is 12.0. The second-order valence-corrected chi connectivity index (χ2v) is 5.06. The summed E-state index contributed by atoms with van der Waals surface area (Å²) in [6.07, 6.45) is 0. The molecule has 21 heavy (non-hydrogen) atoms. The molecule has 1 amide bonds. The Morgan fingerprint density at radius 3 is 2.57 bits per heavy atom. The molecule has 7 heteroatoms. The fraction of sp³-hybridized carbons (Fsp3) is 0.357. The van der Waals surface area contributed by atoms with Gasteiger partial charge in [0.25, 0.3) is 5.91 Å². The van der Waals surface area contributed by atoms with Crippen LogP contribution < -0.4 is 10.6 Å². The number of hydrogen-bond donors (Lipinski definition) is 3. The van der Waals surface area contributed by atoms with Crippen molar-refractivity contribution in [3.63, 3.8) is 0 Å². The van der Waals surface area contributed by atoms with Crippen LogP contribution in [0.15, 0.2) is 24.3 Å². The van der Waals surface area contributed by atoms with Crippen LogP contribution in [0.25, 0.3) is 11.4 Å². The summed E-state index contributed by atoms with van der Waals surface area (Å²) >= 11 is 0. The van der Waals surface area contributed by atoms with Gasteiger partial charge in [0.15, 0.2) is 5.82 Å². The molecule has 1 saturated heterocycles. The van der Waals surface area contributed by atoms with E-state index in [4.69, 9.17) is 0 Å². The molecular weight excluding hydrogens is 290 g/mol. The molecule has 0 spiro atoms. The van der Waals surface area contributed by atoms with Crippen molar-refractivity contribution in [3.8, 4) is 11.4 Å². The molecule has 2 heterocycles. The summed E-state index contributed by atoms with van der Waals surface area (Å²) in [6.45, 7) is 4.56. The number of aromatic nitrogens is 3. The smallest absolute Gasteiger partial charge is 0.251 e. The quantitative estimate of drug-likeness (QED) is 0.791.